The molecule has 7 heteroatoms. The summed E-state index contributed by atoms with van der Waals surface area (Å²) in [6, 6.07) is 11.2. The molecule has 0 radical (unpaired) electrons. The lowest BCUT2D eigenvalue weighted by molar-refractivity contribution is 0.468. The zero-order valence-electron chi connectivity index (χ0n) is 11.8. The van der Waals surface area contributed by atoms with Crippen LogP contribution in [0.2, 0.25) is 0 Å². The second-order valence-corrected chi connectivity index (χ2v) is 8.99. The first-order valence-corrected chi connectivity index (χ1v) is 9.42. The van der Waals surface area contributed by atoms with E-state index >= 15 is 0 Å². The maximum Gasteiger partial charge on any atom is 0.252 e. The summed E-state index contributed by atoms with van der Waals surface area (Å²) in [7, 11) is 0.0144. The van der Waals surface area contributed by atoms with Gasteiger partial charge < -0.3 is 5.32 Å². The number of nitrogens with zero attached hydrogens (tertiary/aromatic N) is 1. The lowest BCUT2D eigenvalue weighted by Gasteiger charge is -2.16. The lowest BCUT2D eigenvalue weighted by Crippen LogP contribution is -2.25. The Kier molecular flexibility index (Phi) is 5.56. The fourth-order valence-corrected chi connectivity index (χ4v) is 4.85. The zero-order valence-corrected chi connectivity index (χ0v) is 15.1. The highest BCUT2D eigenvalue weighted by Crippen LogP contribution is 2.25. The van der Waals surface area contributed by atoms with Gasteiger partial charge in [0.05, 0.1) is 0 Å². The Morgan fingerprint density at radius 2 is 1.86 bits per heavy atom. The van der Waals surface area contributed by atoms with Crippen LogP contribution in [0.3, 0.4) is 0 Å². The van der Waals surface area contributed by atoms with Crippen molar-refractivity contribution >= 4 is 37.3 Å². The van der Waals surface area contributed by atoms with Crippen molar-refractivity contribution < 1.29 is 8.42 Å². The summed E-state index contributed by atoms with van der Waals surface area (Å²) >= 11 is 4.68. The molecule has 0 aliphatic heterocycles. The Hall–Kier alpha value is -0.730. The number of nitrogens with one attached hydrogen (secondary N) is 1. The average Bonchev–Trinajstić information content (AvgIpc) is 2.91. The van der Waals surface area contributed by atoms with E-state index in [4.69, 9.17) is 0 Å². The molecule has 4 nitrogen and oxygen atoms in total. The van der Waals surface area contributed by atoms with Crippen LogP contribution in [0.1, 0.15) is 10.4 Å². The summed E-state index contributed by atoms with van der Waals surface area (Å²) in [5, 5.41) is 3.02. The summed E-state index contributed by atoms with van der Waals surface area (Å²) in [6.07, 6.45) is 0. The van der Waals surface area contributed by atoms with E-state index in [-0.39, 0.29) is 0 Å². The van der Waals surface area contributed by atoms with Crippen LogP contribution in [0.5, 0.6) is 0 Å². The van der Waals surface area contributed by atoms with E-state index in [0.29, 0.717) is 17.3 Å². The molecule has 114 valence electrons. The molecule has 0 unspecified atom stereocenters. The van der Waals surface area contributed by atoms with Gasteiger partial charge in [-0.2, -0.15) is 4.31 Å². The van der Waals surface area contributed by atoms with Gasteiger partial charge in [-0.25, -0.2) is 8.42 Å². The third-order valence-electron chi connectivity index (χ3n) is 2.97. The van der Waals surface area contributed by atoms with Crippen LogP contribution < -0.4 is 5.32 Å². The third kappa shape index (κ3) is 4.14. The molecular weight excluding hydrogens is 372 g/mol. The lowest BCUT2D eigenvalue weighted by atomic mass is 10.2. The maximum atomic E-state index is 12.5. The van der Waals surface area contributed by atoms with Gasteiger partial charge in [-0.3, -0.25) is 0 Å². The second-order valence-electron chi connectivity index (χ2n) is 4.64. The third-order valence-corrected chi connectivity index (χ3v) is 6.86. The predicted molar refractivity (Wildman–Crippen MR) is 89.9 cm³/mol. The topological polar surface area (TPSA) is 49.4 Å². The van der Waals surface area contributed by atoms with Crippen LogP contribution in [0, 0.1) is 0 Å². The number of thiophene rings is 1. The minimum Gasteiger partial charge on any atom is -0.315 e. The molecule has 1 aromatic heterocycles. The maximum absolute atomic E-state index is 12.5. The first-order valence-electron chi connectivity index (χ1n) is 6.37. The SMILES string of the molecule is CNCc1ccc(S(=O)(=O)N(C)Cc2ccc(Br)cc2)s1. The largest absolute Gasteiger partial charge is 0.315 e. The molecule has 0 saturated carbocycles. The van der Waals surface area contributed by atoms with Gasteiger partial charge in [0.15, 0.2) is 0 Å². The van der Waals surface area contributed by atoms with Crippen LogP contribution in [0.15, 0.2) is 45.1 Å². The minimum absolute atomic E-state index is 0.356. The summed E-state index contributed by atoms with van der Waals surface area (Å²) in [5.41, 5.74) is 0.955. The molecule has 0 aliphatic carbocycles. The van der Waals surface area contributed by atoms with Gasteiger partial charge in [0.2, 0.25) is 0 Å². The van der Waals surface area contributed by atoms with Gasteiger partial charge in [0.25, 0.3) is 10.0 Å². The van der Waals surface area contributed by atoms with E-state index in [2.05, 4.69) is 21.2 Å². The fraction of sp³-hybridized carbons (Fsp3) is 0.286. The summed E-state index contributed by atoms with van der Waals surface area (Å²) < 4.78 is 27.8. The Bertz CT molecular complexity index is 696. The average molecular weight is 389 g/mol. The Morgan fingerprint density at radius 1 is 1.19 bits per heavy atom. The first kappa shape index (κ1) is 16.6. The highest BCUT2D eigenvalue weighted by Gasteiger charge is 2.22. The molecule has 1 aromatic carbocycles. The number of sulfonamides is 1. The molecule has 1 heterocycles. The van der Waals surface area contributed by atoms with E-state index in [9.17, 15) is 8.42 Å². The molecule has 0 aliphatic rings. The van der Waals surface area contributed by atoms with E-state index in [0.717, 1.165) is 14.9 Å². The number of benzene rings is 1. The van der Waals surface area contributed by atoms with Crippen molar-refractivity contribution in [3.05, 3.63) is 51.3 Å². The van der Waals surface area contributed by atoms with Crippen molar-refractivity contribution in [2.24, 2.45) is 0 Å². The normalized spacial score (nSPS) is 12.0. The molecule has 21 heavy (non-hydrogen) atoms. The number of halogens is 1. The van der Waals surface area contributed by atoms with E-state index in [1.54, 1.807) is 13.1 Å². The number of hydrogen-bond donors (Lipinski definition) is 1. The molecular formula is C14H17BrN2O2S2. The smallest absolute Gasteiger partial charge is 0.252 e. The van der Waals surface area contributed by atoms with Crippen molar-refractivity contribution in [1.29, 1.82) is 0 Å². The summed E-state index contributed by atoms with van der Waals surface area (Å²) in [4.78, 5) is 1.01. The summed E-state index contributed by atoms with van der Waals surface area (Å²) in [5.74, 6) is 0. The van der Waals surface area contributed by atoms with Gasteiger partial charge >= 0.3 is 0 Å². The standard InChI is InChI=1S/C14H17BrN2O2S2/c1-16-9-13-7-8-14(20-13)21(18,19)17(2)10-11-3-5-12(15)6-4-11/h3-8,16H,9-10H2,1-2H3. The van der Waals surface area contributed by atoms with Crippen LogP contribution in [0.25, 0.3) is 0 Å². The van der Waals surface area contributed by atoms with E-state index in [1.807, 2.05) is 37.4 Å². The quantitative estimate of drug-likeness (QED) is 0.826. The summed E-state index contributed by atoms with van der Waals surface area (Å²) in [6.45, 7) is 1.03. The number of rotatable bonds is 6. The molecule has 0 saturated heterocycles. The molecule has 0 spiro atoms. The molecule has 2 rings (SSSR count). The van der Waals surface area contributed by atoms with E-state index < -0.39 is 10.0 Å². The van der Waals surface area contributed by atoms with Gasteiger partial charge in [-0.15, -0.1) is 11.3 Å². The van der Waals surface area contributed by atoms with Gasteiger partial charge in [-0.1, -0.05) is 28.1 Å². The molecule has 1 N–H and O–H groups in total. The predicted octanol–water partition coefficient (Wildman–Crippen LogP) is 3.05. The molecule has 0 fully saturated rings. The Balaban J connectivity index is 2.15. The van der Waals surface area contributed by atoms with Crippen molar-refractivity contribution in [2.75, 3.05) is 14.1 Å². The van der Waals surface area contributed by atoms with Crippen molar-refractivity contribution in [3.8, 4) is 0 Å². The molecule has 0 atom stereocenters. The zero-order chi connectivity index (χ0) is 15.5. The Morgan fingerprint density at radius 3 is 2.48 bits per heavy atom. The van der Waals surface area contributed by atoms with Crippen LogP contribution in [-0.2, 0) is 23.1 Å². The van der Waals surface area contributed by atoms with Crippen molar-refractivity contribution in [2.45, 2.75) is 17.3 Å². The van der Waals surface area contributed by atoms with Crippen LogP contribution in [-0.4, -0.2) is 26.8 Å². The van der Waals surface area contributed by atoms with Crippen molar-refractivity contribution in [1.82, 2.24) is 9.62 Å². The second kappa shape index (κ2) is 7.02. The van der Waals surface area contributed by atoms with Crippen LogP contribution >= 0.6 is 27.3 Å². The first-order chi connectivity index (χ1) is 9.93. The van der Waals surface area contributed by atoms with Crippen LogP contribution in [0.4, 0.5) is 0 Å². The van der Waals surface area contributed by atoms with E-state index in [1.165, 1.54) is 15.6 Å². The highest BCUT2D eigenvalue weighted by atomic mass is 79.9. The molecule has 2 aromatic rings. The minimum atomic E-state index is -3.43. The Labute approximate surface area is 138 Å². The molecule has 0 amide bonds. The highest BCUT2D eigenvalue weighted by molar-refractivity contribution is 9.10. The van der Waals surface area contributed by atoms with Gasteiger partial charge in [-0.05, 0) is 36.9 Å². The molecule has 0 bridgehead atoms. The number of hydrogen-bond acceptors (Lipinski definition) is 4. The van der Waals surface area contributed by atoms with Gasteiger partial charge in [0, 0.05) is 29.5 Å². The van der Waals surface area contributed by atoms with Crippen molar-refractivity contribution in [3.63, 3.8) is 0 Å². The van der Waals surface area contributed by atoms with Gasteiger partial charge in [0.1, 0.15) is 4.21 Å². The monoisotopic (exact) mass is 388 g/mol. The fourth-order valence-electron chi connectivity index (χ4n) is 1.85.